The SMILES string of the molecule is Cc1ccc2ncc(C(=O)NC(c3ccc4c(c3)OCCO4)C3CC3)c(=O)n2c1. The molecule has 1 aromatic carbocycles. The van der Waals surface area contributed by atoms with Gasteiger partial charge in [-0.3, -0.25) is 14.0 Å². The van der Waals surface area contributed by atoms with Crippen LogP contribution in [0.5, 0.6) is 11.5 Å². The van der Waals surface area contributed by atoms with Gasteiger partial charge in [0.2, 0.25) is 0 Å². The third-order valence-electron chi connectivity index (χ3n) is 5.40. The van der Waals surface area contributed by atoms with Gasteiger partial charge in [0.15, 0.2) is 11.5 Å². The highest BCUT2D eigenvalue weighted by atomic mass is 16.6. The second kappa shape index (κ2) is 6.92. The molecule has 7 nitrogen and oxygen atoms in total. The highest BCUT2D eigenvalue weighted by Gasteiger charge is 2.34. The summed E-state index contributed by atoms with van der Waals surface area (Å²) in [5.74, 6) is 1.34. The normalized spacial score (nSPS) is 16.4. The molecule has 3 heterocycles. The number of aryl methyl sites for hydroxylation is 1. The van der Waals surface area contributed by atoms with Gasteiger partial charge in [-0.05, 0) is 55.0 Å². The highest BCUT2D eigenvalue weighted by molar-refractivity contribution is 5.94. The predicted octanol–water partition coefficient (Wildman–Crippen LogP) is 2.66. The average molecular weight is 391 g/mol. The number of hydrogen-bond donors (Lipinski definition) is 1. The topological polar surface area (TPSA) is 81.9 Å². The van der Waals surface area contributed by atoms with Crippen LogP contribution in [-0.2, 0) is 0 Å². The Hall–Kier alpha value is -3.35. The zero-order valence-corrected chi connectivity index (χ0v) is 16.1. The minimum Gasteiger partial charge on any atom is -0.486 e. The number of amides is 1. The van der Waals surface area contributed by atoms with Crippen LogP contribution in [0.15, 0.2) is 47.5 Å². The minimum atomic E-state index is -0.412. The van der Waals surface area contributed by atoms with Crippen LogP contribution < -0.4 is 20.3 Å². The lowest BCUT2D eigenvalue weighted by molar-refractivity contribution is 0.0929. The molecule has 3 aromatic rings. The summed E-state index contributed by atoms with van der Waals surface area (Å²) < 4.78 is 12.7. The van der Waals surface area contributed by atoms with Crippen LogP contribution >= 0.6 is 0 Å². The van der Waals surface area contributed by atoms with Gasteiger partial charge in [-0.1, -0.05) is 12.1 Å². The van der Waals surface area contributed by atoms with Crippen LogP contribution in [0.3, 0.4) is 0 Å². The first-order valence-corrected chi connectivity index (χ1v) is 9.78. The van der Waals surface area contributed by atoms with Crippen molar-refractivity contribution in [3.8, 4) is 11.5 Å². The Bertz CT molecular complexity index is 1170. The van der Waals surface area contributed by atoms with Crippen molar-refractivity contribution >= 4 is 11.6 Å². The number of hydrogen-bond acceptors (Lipinski definition) is 5. The van der Waals surface area contributed by atoms with Gasteiger partial charge < -0.3 is 14.8 Å². The zero-order valence-electron chi connectivity index (χ0n) is 16.1. The van der Waals surface area contributed by atoms with Gasteiger partial charge in [0, 0.05) is 12.4 Å². The number of aromatic nitrogens is 2. The van der Waals surface area contributed by atoms with Crippen LogP contribution in [0.25, 0.3) is 5.65 Å². The molecule has 148 valence electrons. The molecule has 0 bridgehead atoms. The molecule has 1 saturated carbocycles. The molecule has 1 fully saturated rings. The molecule has 1 amide bonds. The van der Waals surface area contributed by atoms with Crippen molar-refractivity contribution in [2.45, 2.75) is 25.8 Å². The molecular formula is C22H21N3O4. The second-order valence-electron chi connectivity index (χ2n) is 7.60. The summed E-state index contributed by atoms with van der Waals surface area (Å²) in [5, 5.41) is 3.05. The number of carbonyl (C=O) groups excluding carboxylic acids is 1. The van der Waals surface area contributed by atoms with E-state index in [0.717, 1.165) is 24.0 Å². The smallest absolute Gasteiger partial charge is 0.270 e. The van der Waals surface area contributed by atoms with E-state index < -0.39 is 5.91 Å². The Labute approximate surface area is 167 Å². The van der Waals surface area contributed by atoms with E-state index >= 15 is 0 Å². The molecule has 1 atom stereocenters. The van der Waals surface area contributed by atoms with Crippen LogP contribution in [-0.4, -0.2) is 28.5 Å². The Morgan fingerprint density at radius 3 is 2.76 bits per heavy atom. The summed E-state index contributed by atoms with van der Waals surface area (Å²) in [5.41, 5.74) is 2.06. The van der Waals surface area contributed by atoms with Crippen LogP contribution in [0.2, 0.25) is 0 Å². The summed E-state index contributed by atoms with van der Waals surface area (Å²) in [6.07, 6.45) is 5.12. The highest BCUT2D eigenvalue weighted by Crippen LogP contribution is 2.43. The maximum Gasteiger partial charge on any atom is 0.270 e. The van der Waals surface area contributed by atoms with Gasteiger partial charge in [0.05, 0.1) is 6.04 Å². The van der Waals surface area contributed by atoms with Crippen molar-refractivity contribution in [1.82, 2.24) is 14.7 Å². The fourth-order valence-electron chi connectivity index (χ4n) is 3.71. The number of carbonyl (C=O) groups is 1. The molecular weight excluding hydrogens is 370 g/mol. The fourth-order valence-corrected chi connectivity index (χ4v) is 3.71. The van der Waals surface area contributed by atoms with Gasteiger partial charge in [-0.15, -0.1) is 0 Å². The maximum atomic E-state index is 13.0. The molecule has 0 radical (unpaired) electrons. The van der Waals surface area contributed by atoms with Crippen molar-refractivity contribution in [3.05, 3.63) is 69.8 Å². The molecule has 29 heavy (non-hydrogen) atoms. The van der Waals surface area contributed by atoms with E-state index in [1.54, 1.807) is 12.3 Å². The van der Waals surface area contributed by atoms with Crippen molar-refractivity contribution < 1.29 is 14.3 Å². The molecule has 2 aromatic heterocycles. The first kappa shape index (κ1) is 17.7. The van der Waals surface area contributed by atoms with E-state index in [9.17, 15) is 9.59 Å². The molecule has 0 spiro atoms. The van der Waals surface area contributed by atoms with Crippen LogP contribution in [0, 0.1) is 12.8 Å². The standard InChI is InChI=1S/C22H21N3O4/c1-13-2-7-19-23-11-16(22(27)25(19)12-13)21(26)24-20(14-3-4-14)15-5-6-17-18(10-15)29-9-8-28-17/h2,5-7,10-12,14,20H,3-4,8-9H2,1H3,(H,24,26). The fraction of sp³-hybridized carbons (Fsp3) is 0.318. The van der Waals surface area contributed by atoms with E-state index in [1.165, 1.54) is 10.6 Å². The summed E-state index contributed by atoms with van der Waals surface area (Å²) in [6.45, 7) is 2.94. The van der Waals surface area contributed by atoms with E-state index in [1.807, 2.05) is 31.2 Å². The lowest BCUT2D eigenvalue weighted by atomic mass is 10.0. The molecule has 5 rings (SSSR count). The number of rotatable bonds is 4. The van der Waals surface area contributed by atoms with Gasteiger partial charge >= 0.3 is 0 Å². The molecule has 0 saturated heterocycles. The molecule has 2 aliphatic rings. The third kappa shape index (κ3) is 3.33. The number of fused-ring (bicyclic) bond motifs is 2. The molecule has 1 aliphatic heterocycles. The largest absolute Gasteiger partial charge is 0.486 e. The van der Waals surface area contributed by atoms with E-state index in [4.69, 9.17) is 9.47 Å². The van der Waals surface area contributed by atoms with Crippen LogP contribution in [0.1, 0.15) is 40.4 Å². The quantitative estimate of drug-likeness (QED) is 0.739. The van der Waals surface area contributed by atoms with Crippen molar-refractivity contribution in [3.63, 3.8) is 0 Å². The number of pyridine rings is 1. The molecule has 1 aliphatic carbocycles. The van der Waals surface area contributed by atoms with E-state index in [2.05, 4.69) is 10.3 Å². The number of ether oxygens (including phenoxy) is 2. The Balaban J connectivity index is 1.46. The number of nitrogens with one attached hydrogen (secondary N) is 1. The first-order valence-electron chi connectivity index (χ1n) is 9.78. The van der Waals surface area contributed by atoms with Gasteiger partial charge in [-0.25, -0.2) is 4.98 Å². The van der Waals surface area contributed by atoms with Gasteiger partial charge in [0.25, 0.3) is 11.5 Å². The Morgan fingerprint density at radius 2 is 1.97 bits per heavy atom. The number of nitrogens with zero attached hydrogens (tertiary/aromatic N) is 2. The zero-order chi connectivity index (χ0) is 20.0. The van der Waals surface area contributed by atoms with Crippen molar-refractivity contribution in [2.24, 2.45) is 5.92 Å². The summed E-state index contributed by atoms with van der Waals surface area (Å²) in [6, 6.07) is 9.21. The summed E-state index contributed by atoms with van der Waals surface area (Å²) >= 11 is 0. The predicted molar refractivity (Wildman–Crippen MR) is 107 cm³/mol. The summed E-state index contributed by atoms with van der Waals surface area (Å²) in [7, 11) is 0. The van der Waals surface area contributed by atoms with Crippen molar-refractivity contribution in [1.29, 1.82) is 0 Å². The second-order valence-corrected chi connectivity index (χ2v) is 7.60. The number of benzene rings is 1. The molecule has 7 heteroatoms. The summed E-state index contributed by atoms with van der Waals surface area (Å²) in [4.78, 5) is 30.1. The van der Waals surface area contributed by atoms with Crippen LogP contribution in [0.4, 0.5) is 0 Å². The van der Waals surface area contributed by atoms with Gasteiger partial charge in [-0.2, -0.15) is 0 Å². The van der Waals surface area contributed by atoms with Gasteiger partial charge in [0.1, 0.15) is 24.4 Å². The average Bonchev–Trinajstić information content (AvgIpc) is 3.57. The Morgan fingerprint density at radius 1 is 1.17 bits per heavy atom. The molecule has 1 unspecified atom stereocenters. The Kier molecular flexibility index (Phi) is 4.23. The molecule has 1 N–H and O–H groups in total. The van der Waals surface area contributed by atoms with E-state index in [0.29, 0.717) is 36.3 Å². The lowest BCUT2D eigenvalue weighted by Crippen LogP contribution is -2.35. The third-order valence-corrected chi connectivity index (χ3v) is 5.40. The first-order chi connectivity index (χ1) is 14.1. The van der Waals surface area contributed by atoms with Crippen molar-refractivity contribution in [2.75, 3.05) is 13.2 Å². The minimum absolute atomic E-state index is 0.0382. The lowest BCUT2D eigenvalue weighted by Gasteiger charge is -2.23. The maximum absolute atomic E-state index is 13.0. The van der Waals surface area contributed by atoms with E-state index in [-0.39, 0.29) is 17.2 Å². The monoisotopic (exact) mass is 391 g/mol.